The lowest BCUT2D eigenvalue weighted by molar-refractivity contribution is -0.384. The van der Waals surface area contributed by atoms with Gasteiger partial charge in [-0.2, -0.15) is 4.99 Å². The van der Waals surface area contributed by atoms with Crippen LogP contribution in [0.4, 0.5) is 11.4 Å². The number of hydrogen-bond donors (Lipinski definition) is 0. The van der Waals surface area contributed by atoms with Crippen LogP contribution in [0.1, 0.15) is 29.6 Å². The number of piperidine rings is 1. The molecular weight excluding hydrogens is 328 g/mol. The van der Waals surface area contributed by atoms with E-state index in [2.05, 4.69) is 9.89 Å². The van der Waals surface area contributed by atoms with Crippen LogP contribution in [-0.2, 0) is 7.05 Å². The Bertz CT molecular complexity index is 834. The van der Waals surface area contributed by atoms with Crippen molar-refractivity contribution >= 4 is 28.6 Å². The normalized spacial score (nSPS) is 15.5. The summed E-state index contributed by atoms with van der Waals surface area (Å²) in [6.45, 7) is 1.70. The van der Waals surface area contributed by atoms with Gasteiger partial charge in [-0.05, 0) is 25.3 Å². The molecule has 1 aliphatic rings. The fraction of sp³-hybridized carbons (Fsp3) is 0.375. The second kappa shape index (κ2) is 6.96. The van der Waals surface area contributed by atoms with Crippen molar-refractivity contribution in [1.29, 1.82) is 0 Å². The average Bonchev–Trinajstić information content (AvgIpc) is 3.00. The van der Waals surface area contributed by atoms with Gasteiger partial charge in [-0.25, -0.2) is 0 Å². The SMILES string of the molecule is Cn1ccsc1=NC(=O)c1cc([N+](=O)[O-])ccc1N1CCCCC1. The third kappa shape index (κ3) is 3.38. The molecular formula is C16H18N4O3S. The van der Waals surface area contributed by atoms with Crippen LogP contribution < -0.4 is 9.70 Å². The highest BCUT2D eigenvalue weighted by molar-refractivity contribution is 7.07. The number of hydrogen-bond acceptors (Lipinski definition) is 5. The maximum Gasteiger partial charge on any atom is 0.282 e. The molecule has 1 aromatic carbocycles. The van der Waals surface area contributed by atoms with E-state index in [9.17, 15) is 14.9 Å². The zero-order valence-electron chi connectivity index (χ0n) is 13.3. The van der Waals surface area contributed by atoms with Gasteiger partial charge in [0.15, 0.2) is 4.80 Å². The van der Waals surface area contributed by atoms with Crippen LogP contribution in [-0.4, -0.2) is 28.5 Å². The Hall–Kier alpha value is -2.48. The average molecular weight is 346 g/mol. The summed E-state index contributed by atoms with van der Waals surface area (Å²) < 4.78 is 1.75. The molecule has 0 saturated carbocycles. The first kappa shape index (κ1) is 16.4. The molecule has 3 rings (SSSR count). The molecule has 0 spiro atoms. The highest BCUT2D eigenvalue weighted by atomic mass is 32.1. The summed E-state index contributed by atoms with van der Waals surface area (Å²) in [7, 11) is 1.81. The van der Waals surface area contributed by atoms with Crippen molar-refractivity contribution in [1.82, 2.24) is 4.57 Å². The summed E-state index contributed by atoms with van der Waals surface area (Å²) in [4.78, 5) is 30.1. The predicted octanol–water partition coefficient (Wildman–Crippen LogP) is 2.73. The molecule has 7 nitrogen and oxygen atoms in total. The molecule has 0 N–H and O–H groups in total. The number of rotatable bonds is 3. The zero-order chi connectivity index (χ0) is 17.1. The Morgan fingerprint density at radius 2 is 2.04 bits per heavy atom. The highest BCUT2D eigenvalue weighted by Gasteiger charge is 2.21. The molecule has 2 aromatic rings. The number of aryl methyl sites for hydroxylation is 1. The van der Waals surface area contributed by atoms with E-state index in [1.165, 1.54) is 29.9 Å². The molecule has 1 fully saturated rings. The minimum absolute atomic E-state index is 0.0927. The van der Waals surface area contributed by atoms with E-state index < -0.39 is 10.8 Å². The first-order chi connectivity index (χ1) is 11.6. The summed E-state index contributed by atoms with van der Waals surface area (Å²) in [6, 6.07) is 4.45. The van der Waals surface area contributed by atoms with Gasteiger partial charge in [-0.15, -0.1) is 11.3 Å². The third-order valence-electron chi connectivity index (χ3n) is 4.07. The van der Waals surface area contributed by atoms with E-state index in [1.807, 2.05) is 18.6 Å². The van der Waals surface area contributed by atoms with Crippen molar-refractivity contribution in [3.8, 4) is 0 Å². The number of carbonyl (C=O) groups is 1. The van der Waals surface area contributed by atoms with Crippen LogP contribution in [0.25, 0.3) is 0 Å². The fourth-order valence-corrected chi connectivity index (χ4v) is 3.53. The Morgan fingerprint density at radius 3 is 2.67 bits per heavy atom. The van der Waals surface area contributed by atoms with Crippen LogP contribution in [0.5, 0.6) is 0 Å². The number of thiazole rings is 1. The quantitative estimate of drug-likeness (QED) is 0.632. The monoisotopic (exact) mass is 346 g/mol. The third-order valence-corrected chi connectivity index (χ3v) is 4.92. The van der Waals surface area contributed by atoms with Crippen molar-refractivity contribution in [2.75, 3.05) is 18.0 Å². The summed E-state index contributed by atoms with van der Waals surface area (Å²) >= 11 is 1.35. The zero-order valence-corrected chi connectivity index (χ0v) is 14.2. The number of nitrogens with zero attached hydrogens (tertiary/aromatic N) is 4. The van der Waals surface area contributed by atoms with Gasteiger partial charge in [-0.3, -0.25) is 14.9 Å². The van der Waals surface area contributed by atoms with E-state index >= 15 is 0 Å². The van der Waals surface area contributed by atoms with Crippen molar-refractivity contribution in [2.24, 2.45) is 12.0 Å². The van der Waals surface area contributed by atoms with E-state index in [4.69, 9.17) is 0 Å². The van der Waals surface area contributed by atoms with Crippen molar-refractivity contribution in [3.63, 3.8) is 0 Å². The maximum atomic E-state index is 12.7. The molecule has 0 aliphatic carbocycles. The van der Waals surface area contributed by atoms with E-state index in [0.29, 0.717) is 10.4 Å². The Kier molecular flexibility index (Phi) is 4.75. The number of nitro benzene ring substituents is 1. The molecule has 0 radical (unpaired) electrons. The minimum atomic E-state index is -0.484. The lowest BCUT2D eigenvalue weighted by atomic mass is 10.1. The number of nitro groups is 1. The molecule has 8 heteroatoms. The van der Waals surface area contributed by atoms with Crippen LogP contribution >= 0.6 is 11.3 Å². The first-order valence-electron chi connectivity index (χ1n) is 7.79. The van der Waals surface area contributed by atoms with Crippen molar-refractivity contribution in [2.45, 2.75) is 19.3 Å². The molecule has 1 saturated heterocycles. The molecule has 24 heavy (non-hydrogen) atoms. The Labute approximate surface area is 143 Å². The second-order valence-corrected chi connectivity index (χ2v) is 6.59. The molecule has 0 atom stereocenters. The number of benzene rings is 1. The maximum absolute atomic E-state index is 12.7. The predicted molar refractivity (Wildman–Crippen MR) is 92.3 cm³/mol. The molecule has 2 heterocycles. The number of anilines is 1. The topological polar surface area (TPSA) is 80.7 Å². The van der Waals surface area contributed by atoms with Gasteiger partial charge in [0, 0.05) is 43.8 Å². The van der Waals surface area contributed by atoms with Crippen LogP contribution in [0.2, 0.25) is 0 Å². The lowest BCUT2D eigenvalue weighted by Gasteiger charge is -2.29. The Balaban J connectivity index is 2.05. The van der Waals surface area contributed by atoms with Gasteiger partial charge in [0.05, 0.1) is 16.2 Å². The fourth-order valence-electron chi connectivity index (χ4n) is 2.80. The summed E-state index contributed by atoms with van der Waals surface area (Å²) in [5, 5.41) is 12.9. The number of carbonyl (C=O) groups excluding carboxylic acids is 1. The Morgan fingerprint density at radius 1 is 1.29 bits per heavy atom. The van der Waals surface area contributed by atoms with Crippen LogP contribution in [0, 0.1) is 10.1 Å². The largest absolute Gasteiger partial charge is 0.371 e. The van der Waals surface area contributed by atoms with E-state index in [1.54, 1.807) is 10.6 Å². The van der Waals surface area contributed by atoms with Gasteiger partial charge in [0.2, 0.25) is 0 Å². The lowest BCUT2D eigenvalue weighted by Crippen LogP contribution is -2.30. The minimum Gasteiger partial charge on any atom is -0.371 e. The van der Waals surface area contributed by atoms with Gasteiger partial charge in [-0.1, -0.05) is 0 Å². The molecule has 126 valence electrons. The molecule has 0 unspecified atom stereocenters. The van der Waals surface area contributed by atoms with Gasteiger partial charge in [0.1, 0.15) is 0 Å². The van der Waals surface area contributed by atoms with E-state index in [0.717, 1.165) is 31.6 Å². The van der Waals surface area contributed by atoms with Gasteiger partial charge in [0.25, 0.3) is 11.6 Å². The molecule has 1 aromatic heterocycles. The number of aromatic nitrogens is 1. The van der Waals surface area contributed by atoms with Crippen molar-refractivity contribution in [3.05, 3.63) is 50.3 Å². The molecule has 1 aliphatic heterocycles. The molecule has 1 amide bonds. The van der Waals surface area contributed by atoms with Gasteiger partial charge >= 0.3 is 0 Å². The van der Waals surface area contributed by atoms with E-state index in [-0.39, 0.29) is 5.69 Å². The first-order valence-corrected chi connectivity index (χ1v) is 8.67. The molecule has 0 bridgehead atoms. The van der Waals surface area contributed by atoms with Crippen LogP contribution in [0.15, 0.2) is 34.8 Å². The highest BCUT2D eigenvalue weighted by Crippen LogP contribution is 2.28. The smallest absolute Gasteiger partial charge is 0.282 e. The van der Waals surface area contributed by atoms with Gasteiger partial charge < -0.3 is 9.47 Å². The summed E-state index contributed by atoms with van der Waals surface area (Å²) in [6.07, 6.45) is 5.10. The standard InChI is InChI=1S/C16H18N4O3S/c1-18-9-10-24-16(18)17-15(21)13-11-12(20(22)23)5-6-14(13)19-7-3-2-4-8-19/h5-6,9-11H,2-4,7-8H2,1H3. The number of amides is 1. The summed E-state index contributed by atoms with van der Waals surface area (Å²) in [5.74, 6) is -0.447. The van der Waals surface area contributed by atoms with Crippen LogP contribution in [0.3, 0.4) is 0 Å². The number of non-ortho nitro benzene ring substituents is 1. The second-order valence-electron chi connectivity index (χ2n) is 5.72. The van der Waals surface area contributed by atoms with Crippen molar-refractivity contribution < 1.29 is 9.72 Å². The summed E-state index contributed by atoms with van der Waals surface area (Å²) in [5.41, 5.74) is 0.928.